The normalized spacial score (nSPS) is 11.1. The molecule has 42 heavy (non-hydrogen) atoms. The number of hydrazone groups is 1. The summed E-state index contributed by atoms with van der Waals surface area (Å²) in [4.78, 5) is 39.3. The fourth-order valence-electron chi connectivity index (χ4n) is 4.17. The van der Waals surface area contributed by atoms with E-state index in [0.29, 0.717) is 36.0 Å². The minimum atomic E-state index is -0.768. The third kappa shape index (κ3) is 5.96. The molecule has 1 aromatic heterocycles. The number of halogens is 4. The number of nitrogens with one attached hydrogen (secondary N) is 2. The van der Waals surface area contributed by atoms with Crippen molar-refractivity contribution in [2.75, 3.05) is 0 Å². The number of carbonyl (C=O) groups excluding carboxylic acids is 2. The van der Waals surface area contributed by atoms with Crippen molar-refractivity contribution in [3.63, 3.8) is 0 Å². The standard InChI is InChI=1S/C29H16Br2ClFN4O5/c30-17-12-16(27(21(31)13-17)42-29(39)15-8-10-18(11-9-15)37(40)41)14-34-36-28(38)26-24(19-4-1-2-6-22(19)32)20-5-3-7-23(33)25(20)35-26/h1-14,35H,(H,36,38). The van der Waals surface area contributed by atoms with Crippen LogP contribution in [0.4, 0.5) is 10.1 Å². The number of aromatic nitrogens is 1. The van der Waals surface area contributed by atoms with Gasteiger partial charge in [0.05, 0.1) is 26.7 Å². The predicted molar refractivity (Wildman–Crippen MR) is 164 cm³/mol. The van der Waals surface area contributed by atoms with Crippen molar-refractivity contribution < 1.29 is 23.6 Å². The number of H-pyrrole nitrogens is 1. The van der Waals surface area contributed by atoms with Crippen molar-refractivity contribution in [2.45, 2.75) is 0 Å². The molecule has 0 radical (unpaired) electrons. The van der Waals surface area contributed by atoms with Crippen LogP contribution in [0.5, 0.6) is 5.75 Å². The lowest BCUT2D eigenvalue weighted by molar-refractivity contribution is -0.384. The number of non-ortho nitro benzene ring substituents is 1. The van der Waals surface area contributed by atoms with Crippen molar-refractivity contribution >= 4 is 78.1 Å². The van der Waals surface area contributed by atoms with Crippen molar-refractivity contribution in [3.05, 3.63) is 126 Å². The van der Waals surface area contributed by atoms with E-state index in [9.17, 15) is 24.1 Å². The molecule has 0 saturated carbocycles. The Morgan fingerprint density at radius 1 is 1.05 bits per heavy atom. The van der Waals surface area contributed by atoms with Gasteiger partial charge in [-0.2, -0.15) is 5.10 Å². The second-order valence-electron chi connectivity index (χ2n) is 8.72. The molecule has 1 amide bonds. The van der Waals surface area contributed by atoms with Gasteiger partial charge in [-0.1, -0.05) is 57.9 Å². The van der Waals surface area contributed by atoms with E-state index in [4.69, 9.17) is 16.3 Å². The first-order valence-electron chi connectivity index (χ1n) is 12.0. The average Bonchev–Trinajstić information content (AvgIpc) is 3.36. The molecular weight excluding hydrogens is 699 g/mol. The molecule has 5 aromatic rings. The van der Waals surface area contributed by atoms with Crippen LogP contribution >= 0.6 is 43.5 Å². The van der Waals surface area contributed by atoms with E-state index in [2.05, 4.69) is 47.4 Å². The van der Waals surface area contributed by atoms with Crippen molar-refractivity contribution in [3.8, 4) is 16.9 Å². The second-order valence-corrected chi connectivity index (χ2v) is 10.9. The Morgan fingerprint density at radius 2 is 1.79 bits per heavy atom. The molecule has 0 spiro atoms. The summed E-state index contributed by atoms with van der Waals surface area (Å²) in [5.41, 5.74) is 3.76. The third-order valence-corrected chi connectivity index (χ3v) is 7.45. The average molecular weight is 715 g/mol. The van der Waals surface area contributed by atoms with Gasteiger partial charge in [0.25, 0.3) is 11.6 Å². The molecule has 0 aliphatic rings. The van der Waals surface area contributed by atoms with E-state index < -0.39 is 22.6 Å². The highest BCUT2D eigenvalue weighted by Crippen LogP contribution is 2.37. The van der Waals surface area contributed by atoms with Gasteiger partial charge >= 0.3 is 5.97 Å². The highest BCUT2D eigenvalue weighted by Gasteiger charge is 2.22. The van der Waals surface area contributed by atoms with E-state index in [-0.39, 0.29) is 28.2 Å². The maximum Gasteiger partial charge on any atom is 0.343 e. The number of carbonyl (C=O) groups is 2. The number of hydrogen-bond donors (Lipinski definition) is 2. The maximum absolute atomic E-state index is 14.6. The molecule has 1 heterocycles. The van der Waals surface area contributed by atoms with E-state index in [1.807, 2.05) is 0 Å². The highest BCUT2D eigenvalue weighted by molar-refractivity contribution is 9.11. The van der Waals surface area contributed by atoms with Gasteiger partial charge in [-0.3, -0.25) is 14.9 Å². The molecule has 0 unspecified atom stereocenters. The highest BCUT2D eigenvalue weighted by atomic mass is 79.9. The Kier molecular flexibility index (Phi) is 8.48. The number of rotatable bonds is 7. The fourth-order valence-corrected chi connectivity index (χ4v) is 5.74. The molecule has 13 heteroatoms. The fraction of sp³-hybridized carbons (Fsp3) is 0. The molecule has 210 valence electrons. The summed E-state index contributed by atoms with van der Waals surface area (Å²) in [6.45, 7) is 0. The van der Waals surface area contributed by atoms with E-state index in [0.717, 1.165) is 0 Å². The van der Waals surface area contributed by atoms with Crippen LogP contribution < -0.4 is 10.2 Å². The van der Waals surface area contributed by atoms with Crippen molar-refractivity contribution in [2.24, 2.45) is 5.10 Å². The topological polar surface area (TPSA) is 127 Å². The quantitative estimate of drug-likeness (QED) is 0.0580. The largest absolute Gasteiger partial charge is 0.421 e. The Morgan fingerprint density at radius 3 is 2.50 bits per heavy atom. The number of fused-ring (bicyclic) bond motifs is 1. The molecule has 0 aliphatic heterocycles. The number of benzene rings is 4. The molecule has 0 saturated heterocycles. The molecule has 0 fully saturated rings. The number of hydrogen-bond acceptors (Lipinski definition) is 6. The van der Waals surface area contributed by atoms with Gasteiger partial charge in [-0.25, -0.2) is 14.6 Å². The number of nitrogens with zero attached hydrogens (tertiary/aromatic N) is 2. The molecule has 2 N–H and O–H groups in total. The predicted octanol–water partition coefficient (Wildman–Crippen LogP) is 8.04. The van der Waals surface area contributed by atoms with Crippen LogP contribution in [0, 0.1) is 15.9 Å². The number of ether oxygens (including phenoxy) is 1. The molecule has 0 aliphatic carbocycles. The number of para-hydroxylation sites is 1. The van der Waals surface area contributed by atoms with Crippen LogP contribution in [0.2, 0.25) is 5.02 Å². The Bertz CT molecular complexity index is 1910. The summed E-state index contributed by atoms with van der Waals surface area (Å²) in [6, 6.07) is 19.6. The lowest BCUT2D eigenvalue weighted by Crippen LogP contribution is -2.19. The van der Waals surface area contributed by atoms with Crippen LogP contribution in [0.3, 0.4) is 0 Å². The Labute approximate surface area is 258 Å². The van der Waals surface area contributed by atoms with Gasteiger partial charge in [0, 0.05) is 43.7 Å². The molecule has 4 aromatic carbocycles. The molecular formula is C29H16Br2ClFN4O5. The summed E-state index contributed by atoms with van der Waals surface area (Å²) in [6.07, 6.45) is 1.27. The third-order valence-electron chi connectivity index (χ3n) is 6.07. The summed E-state index contributed by atoms with van der Waals surface area (Å²) >= 11 is 13.1. The van der Waals surface area contributed by atoms with E-state index >= 15 is 0 Å². The van der Waals surface area contributed by atoms with Gasteiger partial charge in [-0.05, 0) is 52.3 Å². The van der Waals surface area contributed by atoms with Crippen molar-refractivity contribution in [1.82, 2.24) is 10.4 Å². The minimum Gasteiger partial charge on any atom is -0.421 e. The summed E-state index contributed by atoms with van der Waals surface area (Å²) < 4.78 is 21.2. The van der Waals surface area contributed by atoms with Crippen molar-refractivity contribution in [1.29, 1.82) is 0 Å². The first-order chi connectivity index (χ1) is 20.1. The minimum absolute atomic E-state index is 0.0422. The van der Waals surface area contributed by atoms with Gasteiger partial charge in [0.2, 0.25) is 0 Å². The van der Waals surface area contributed by atoms with Gasteiger partial charge < -0.3 is 9.72 Å². The number of esters is 1. The zero-order chi connectivity index (χ0) is 30.0. The molecule has 0 bridgehead atoms. The van der Waals surface area contributed by atoms with E-state index in [1.54, 1.807) is 42.5 Å². The van der Waals surface area contributed by atoms with Crippen LogP contribution in [-0.2, 0) is 0 Å². The molecule has 9 nitrogen and oxygen atoms in total. The van der Waals surface area contributed by atoms with Gasteiger partial charge in [0.15, 0.2) is 5.75 Å². The van der Waals surface area contributed by atoms with E-state index in [1.165, 1.54) is 42.6 Å². The Hall–Kier alpha value is -4.39. The zero-order valence-corrected chi connectivity index (χ0v) is 25.0. The summed E-state index contributed by atoms with van der Waals surface area (Å²) in [7, 11) is 0. The lowest BCUT2D eigenvalue weighted by atomic mass is 10.0. The number of aromatic amines is 1. The number of nitro benzene ring substituents is 1. The first kappa shape index (κ1) is 29.1. The van der Waals surface area contributed by atoms with Gasteiger partial charge in [-0.15, -0.1) is 0 Å². The second kappa shape index (κ2) is 12.2. The zero-order valence-electron chi connectivity index (χ0n) is 21.0. The van der Waals surface area contributed by atoms with Crippen LogP contribution in [0.1, 0.15) is 26.4 Å². The number of amides is 1. The molecule has 0 atom stereocenters. The monoisotopic (exact) mass is 712 g/mol. The number of nitro groups is 1. The smallest absolute Gasteiger partial charge is 0.343 e. The SMILES string of the molecule is O=C(Oc1c(Br)cc(Br)cc1C=NNC(=O)c1[nH]c2c(F)cccc2c1-c1ccccc1Cl)c1ccc([N+](=O)[O-])cc1. The summed E-state index contributed by atoms with van der Waals surface area (Å²) in [5, 5.41) is 15.8. The molecule has 5 rings (SSSR count). The maximum atomic E-state index is 14.6. The van der Waals surface area contributed by atoms with Crippen LogP contribution in [0.15, 0.2) is 92.9 Å². The van der Waals surface area contributed by atoms with Crippen LogP contribution in [0.25, 0.3) is 22.0 Å². The first-order valence-corrected chi connectivity index (χ1v) is 13.9. The Balaban J connectivity index is 1.44. The summed E-state index contributed by atoms with van der Waals surface area (Å²) in [5.74, 6) is -1.89. The lowest BCUT2D eigenvalue weighted by Gasteiger charge is -2.11. The van der Waals surface area contributed by atoms with Crippen LogP contribution in [-0.4, -0.2) is 28.0 Å². The van der Waals surface area contributed by atoms with Gasteiger partial charge in [0.1, 0.15) is 11.5 Å².